The number of aromatic nitrogens is 2. The van der Waals surface area contributed by atoms with E-state index in [0.29, 0.717) is 37.7 Å². The van der Waals surface area contributed by atoms with Crippen LogP contribution in [0.2, 0.25) is 0 Å². The van der Waals surface area contributed by atoms with Gasteiger partial charge in [-0.05, 0) is 24.3 Å². The molecule has 1 saturated heterocycles. The summed E-state index contributed by atoms with van der Waals surface area (Å²) in [5, 5.41) is 13.5. The molecule has 0 radical (unpaired) electrons. The van der Waals surface area contributed by atoms with E-state index >= 15 is 0 Å². The summed E-state index contributed by atoms with van der Waals surface area (Å²) in [5.74, 6) is 1.10. The molecule has 2 N–H and O–H groups in total. The minimum atomic E-state index is -0.372. The molecule has 2 heterocycles. The van der Waals surface area contributed by atoms with Crippen molar-refractivity contribution >= 4 is 29.8 Å². The summed E-state index contributed by atoms with van der Waals surface area (Å²) in [7, 11) is 0. The molecule has 0 spiro atoms. The Morgan fingerprint density at radius 1 is 0.958 bits per heavy atom. The lowest BCUT2D eigenvalue weighted by Crippen LogP contribution is -2.46. The Kier molecular flexibility index (Phi) is 4.85. The summed E-state index contributed by atoms with van der Waals surface area (Å²) >= 11 is 0. The highest BCUT2D eigenvalue weighted by molar-refractivity contribution is 5.99. The van der Waals surface area contributed by atoms with E-state index in [9.17, 15) is 9.59 Å². The SMILES string of the molecule is O=CN1CCN(c2ccc(NC(=O)Nc3ccccc3)nn2)CC1. The van der Waals surface area contributed by atoms with Crippen LogP contribution in [-0.2, 0) is 4.79 Å². The van der Waals surface area contributed by atoms with Crippen LogP contribution in [-0.4, -0.2) is 53.7 Å². The number of benzene rings is 1. The van der Waals surface area contributed by atoms with E-state index < -0.39 is 0 Å². The number of nitrogens with one attached hydrogen (secondary N) is 2. The van der Waals surface area contributed by atoms with Gasteiger partial charge in [0.1, 0.15) is 0 Å². The normalized spacial score (nSPS) is 14.2. The zero-order valence-corrected chi connectivity index (χ0v) is 13.1. The molecule has 3 amide bonds. The molecule has 3 rings (SSSR count). The molecular formula is C16H18N6O2. The van der Waals surface area contributed by atoms with Gasteiger partial charge in [-0.1, -0.05) is 18.2 Å². The minimum Gasteiger partial charge on any atom is -0.352 e. The molecule has 1 aliphatic rings. The fourth-order valence-electron chi connectivity index (χ4n) is 2.42. The lowest BCUT2D eigenvalue weighted by atomic mass is 10.3. The highest BCUT2D eigenvalue weighted by Gasteiger charge is 2.17. The maximum atomic E-state index is 11.9. The summed E-state index contributed by atoms with van der Waals surface area (Å²) in [4.78, 5) is 26.4. The first-order valence-corrected chi connectivity index (χ1v) is 7.66. The first-order valence-electron chi connectivity index (χ1n) is 7.66. The smallest absolute Gasteiger partial charge is 0.324 e. The maximum Gasteiger partial charge on any atom is 0.324 e. The molecule has 0 saturated carbocycles. The third kappa shape index (κ3) is 3.97. The van der Waals surface area contributed by atoms with Crippen molar-refractivity contribution in [3.8, 4) is 0 Å². The second-order valence-corrected chi connectivity index (χ2v) is 5.35. The molecule has 1 fully saturated rings. The number of piperazine rings is 1. The van der Waals surface area contributed by atoms with Crippen molar-refractivity contribution in [2.24, 2.45) is 0 Å². The summed E-state index contributed by atoms with van der Waals surface area (Å²) in [6.45, 7) is 2.78. The maximum absolute atomic E-state index is 11.9. The molecule has 8 nitrogen and oxygen atoms in total. The lowest BCUT2D eigenvalue weighted by Gasteiger charge is -2.32. The van der Waals surface area contributed by atoms with Gasteiger partial charge in [-0.3, -0.25) is 10.1 Å². The van der Waals surface area contributed by atoms with Gasteiger partial charge < -0.3 is 15.1 Å². The largest absolute Gasteiger partial charge is 0.352 e. The van der Waals surface area contributed by atoms with Gasteiger partial charge in [0, 0.05) is 31.9 Å². The van der Waals surface area contributed by atoms with E-state index in [4.69, 9.17) is 0 Å². The highest BCUT2D eigenvalue weighted by atomic mass is 16.2. The van der Waals surface area contributed by atoms with E-state index in [0.717, 1.165) is 12.2 Å². The van der Waals surface area contributed by atoms with Gasteiger partial charge in [0.05, 0.1) is 0 Å². The van der Waals surface area contributed by atoms with E-state index in [1.165, 1.54) is 0 Å². The number of carbonyl (C=O) groups is 2. The average molecular weight is 326 g/mol. The fourth-order valence-corrected chi connectivity index (χ4v) is 2.42. The second kappa shape index (κ2) is 7.40. The molecule has 0 unspecified atom stereocenters. The number of hydrogen-bond acceptors (Lipinski definition) is 5. The fraction of sp³-hybridized carbons (Fsp3) is 0.250. The Morgan fingerprint density at radius 2 is 1.71 bits per heavy atom. The van der Waals surface area contributed by atoms with Crippen LogP contribution in [0.4, 0.5) is 22.1 Å². The standard InChI is InChI=1S/C16H18N6O2/c23-12-21-8-10-22(11-9-21)15-7-6-14(19-20-15)18-16(24)17-13-4-2-1-3-5-13/h1-7,12H,8-11H2,(H2,17,18,19,24). The Bertz CT molecular complexity index is 683. The van der Waals surface area contributed by atoms with Crippen molar-refractivity contribution in [2.45, 2.75) is 0 Å². The Labute approximate surface area is 139 Å². The molecular weight excluding hydrogens is 308 g/mol. The van der Waals surface area contributed by atoms with Gasteiger partial charge in [0.15, 0.2) is 11.6 Å². The van der Waals surface area contributed by atoms with Gasteiger partial charge in [0.2, 0.25) is 6.41 Å². The predicted octanol–water partition coefficient (Wildman–Crippen LogP) is 1.40. The van der Waals surface area contributed by atoms with Crippen LogP contribution in [0.15, 0.2) is 42.5 Å². The highest BCUT2D eigenvalue weighted by Crippen LogP contribution is 2.14. The summed E-state index contributed by atoms with van der Waals surface area (Å²) in [5.41, 5.74) is 0.702. The number of para-hydroxylation sites is 1. The molecule has 1 aromatic carbocycles. The third-order valence-electron chi connectivity index (χ3n) is 3.71. The number of hydrogen-bond donors (Lipinski definition) is 2. The van der Waals surface area contributed by atoms with E-state index in [1.807, 2.05) is 24.3 Å². The van der Waals surface area contributed by atoms with Crippen LogP contribution in [0, 0.1) is 0 Å². The summed E-state index contributed by atoms with van der Waals surface area (Å²) < 4.78 is 0. The number of rotatable bonds is 4. The first kappa shape index (κ1) is 15.7. The van der Waals surface area contributed by atoms with Crippen LogP contribution in [0.3, 0.4) is 0 Å². The Hall–Kier alpha value is -3.16. The molecule has 0 bridgehead atoms. The second-order valence-electron chi connectivity index (χ2n) is 5.35. The number of amides is 3. The number of nitrogens with zero attached hydrogens (tertiary/aromatic N) is 4. The van der Waals surface area contributed by atoms with Gasteiger partial charge in [-0.15, -0.1) is 10.2 Å². The van der Waals surface area contributed by atoms with Gasteiger partial charge in [0.25, 0.3) is 0 Å². The van der Waals surface area contributed by atoms with Crippen LogP contribution < -0.4 is 15.5 Å². The predicted molar refractivity (Wildman–Crippen MR) is 91.0 cm³/mol. The number of anilines is 3. The van der Waals surface area contributed by atoms with Crippen molar-refractivity contribution < 1.29 is 9.59 Å². The first-order chi connectivity index (χ1) is 11.7. The zero-order valence-electron chi connectivity index (χ0n) is 13.1. The van der Waals surface area contributed by atoms with E-state index in [1.54, 1.807) is 23.1 Å². The van der Waals surface area contributed by atoms with E-state index in [2.05, 4.69) is 25.7 Å². The number of carbonyl (C=O) groups excluding carboxylic acids is 2. The van der Waals surface area contributed by atoms with Gasteiger partial charge >= 0.3 is 6.03 Å². The molecule has 0 aliphatic carbocycles. The van der Waals surface area contributed by atoms with E-state index in [-0.39, 0.29) is 6.03 Å². The molecule has 1 aromatic heterocycles. The molecule has 8 heteroatoms. The van der Waals surface area contributed by atoms with Crippen molar-refractivity contribution in [1.29, 1.82) is 0 Å². The molecule has 24 heavy (non-hydrogen) atoms. The monoisotopic (exact) mass is 326 g/mol. The average Bonchev–Trinajstić information content (AvgIpc) is 2.63. The topological polar surface area (TPSA) is 90.5 Å². The Balaban J connectivity index is 1.55. The third-order valence-corrected chi connectivity index (χ3v) is 3.71. The van der Waals surface area contributed by atoms with Gasteiger partial charge in [-0.2, -0.15) is 0 Å². The molecule has 2 aromatic rings. The minimum absolute atomic E-state index is 0.372. The van der Waals surface area contributed by atoms with Crippen molar-refractivity contribution in [2.75, 3.05) is 41.7 Å². The summed E-state index contributed by atoms with van der Waals surface area (Å²) in [6, 6.07) is 12.3. The zero-order chi connectivity index (χ0) is 16.8. The number of urea groups is 1. The summed E-state index contributed by atoms with van der Waals surface area (Å²) in [6.07, 6.45) is 0.862. The van der Waals surface area contributed by atoms with Crippen LogP contribution in [0.5, 0.6) is 0 Å². The van der Waals surface area contributed by atoms with Gasteiger partial charge in [-0.25, -0.2) is 4.79 Å². The van der Waals surface area contributed by atoms with Crippen LogP contribution in [0.25, 0.3) is 0 Å². The van der Waals surface area contributed by atoms with Crippen molar-refractivity contribution in [3.63, 3.8) is 0 Å². The quantitative estimate of drug-likeness (QED) is 0.829. The van der Waals surface area contributed by atoms with Crippen molar-refractivity contribution in [3.05, 3.63) is 42.5 Å². The molecule has 124 valence electrons. The van der Waals surface area contributed by atoms with Crippen molar-refractivity contribution in [1.82, 2.24) is 15.1 Å². The Morgan fingerprint density at radius 3 is 2.33 bits per heavy atom. The van der Waals surface area contributed by atoms with Crippen LogP contribution in [0.1, 0.15) is 0 Å². The lowest BCUT2D eigenvalue weighted by molar-refractivity contribution is -0.118. The van der Waals surface area contributed by atoms with Crippen LogP contribution >= 0.6 is 0 Å². The molecule has 1 aliphatic heterocycles. The molecule has 0 atom stereocenters.